The number of piperidine rings is 1. The molecule has 0 saturated carbocycles. The second-order valence-electron chi connectivity index (χ2n) is 8.72. The van der Waals surface area contributed by atoms with E-state index in [4.69, 9.17) is 0 Å². The summed E-state index contributed by atoms with van der Waals surface area (Å²) < 4.78 is 0. The Kier molecular flexibility index (Phi) is 6.07. The lowest BCUT2D eigenvalue weighted by Gasteiger charge is -2.31. The van der Waals surface area contributed by atoms with Crippen LogP contribution >= 0.6 is 0 Å². The summed E-state index contributed by atoms with van der Waals surface area (Å²) >= 11 is 0. The van der Waals surface area contributed by atoms with Crippen LogP contribution in [0, 0.1) is 5.92 Å². The SMILES string of the molecule is O=C1CCCc2ccc(cc2)Cc2cccc(c2)Nc2cc(nnn2)NN2CCC1CC2. The highest BCUT2D eigenvalue weighted by atomic mass is 16.1. The van der Waals surface area contributed by atoms with Gasteiger partial charge in [-0.15, -0.1) is 10.2 Å². The minimum absolute atomic E-state index is 0.164. The number of nitrogens with zero attached hydrogens (tertiary/aromatic N) is 4. The van der Waals surface area contributed by atoms with Crippen molar-refractivity contribution in [1.82, 2.24) is 20.4 Å². The fourth-order valence-electron chi connectivity index (χ4n) is 4.53. The zero-order chi connectivity index (χ0) is 21.8. The molecule has 0 atom stereocenters. The van der Waals surface area contributed by atoms with Crippen molar-refractivity contribution in [2.75, 3.05) is 23.8 Å². The van der Waals surface area contributed by atoms with E-state index in [0.717, 1.165) is 50.9 Å². The van der Waals surface area contributed by atoms with Crippen LogP contribution in [0.1, 0.15) is 42.4 Å². The van der Waals surface area contributed by atoms with Crippen LogP contribution in [-0.2, 0) is 17.6 Å². The van der Waals surface area contributed by atoms with Crippen molar-refractivity contribution in [3.63, 3.8) is 0 Å². The normalized spacial score (nSPS) is 21.3. The molecule has 3 aromatic rings. The maximum atomic E-state index is 12.7. The molecular weight excluding hydrogens is 400 g/mol. The van der Waals surface area contributed by atoms with E-state index in [1.165, 1.54) is 16.7 Å². The molecule has 7 nitrogen and oxygen atoms in total. The van der Waals surface area contributed by atoms with E-state index in [1.54, 1.807) is 0 Å². The molecule has 2 aromatic carbocycles. The first-order valence-electron chi connectivity index (χ1n) is 11.4. The maximum absolute atomic E-state index is 12.7. The summed E-state index contributed by atoms with van der Waals surface area (Å²) in [4.78, 5) is 12.7. The third-order valence-corrected chi connectivity index (χ3v) is 6.32. The average Bonchev–Trinajstić information content (AvgIpc) is 2.81. The maximum Gasteiger partial charge on any atom is 0.168 e. The topological polar surface area (TPSA) is 83.0 Å². The van der Waals surface area contributed by atoms with Gasteiger partial charge in [0, 0.05) is 37.2 Å². The molecule has 164 valence electrons. The summed E-state index contributed by atoms with van der Waals surface area (Å²) in [5, 5.41) is 17.6. The highest BCUT2D eigenvalue weighted by Crippen LogP contribution is 2.23. The van der Waals surface area contributed by atoms with Crippen LogP contribution in [0.15, 0.2) is 54.6 Å². The molecule has 5 heterocycles. The summed E-state index contributed by atoms with van der Waals surface area (Å²) in [5.41, 5.74) is 8.09. The lowest BCUT2D eigenvalue weighted by atomic mass is 9.90. The molecule has 7 rings (SSSR count). The molecule has 0 unspecified atom stereocenters. The van der Waals surface area contributed by atoms with Crippen molar-refractivity contribution in [2.45, 2.75) is 38.5 Å². The van der Waals surface area contributed by atoms with Gasteiger partial charge < -0.3 is 10.7 Å². The van der Waals surface area contributed by atoms with Crippen LogP contribution < -0.4 is 10.7 Å². The highest BCUT2D eigenvalue weighted by Gasteiger charge is 2.24. The molecule has 4 aliphatic rings. The van der Waals surface area contributed by atoms with E-state index in [1.807, 2.05) is 12.1 Å². The highest BCUT2D eigenvalue weighted by molar-refractivity contribution is 5.81. The number of Topliss-reactive ketones (excluding diaryl/α,β-unsaturated/α-hetero) is 1. The number of nitrogens with one attached hydrogen (secondary N) is 2. The standard InChI is InChI=1S/C25H28N6O/c32-23-6-2-3-18-7-9-19(10-8-18)15-20-4-1-5-22(16-20)26-24-17-25(28-30-27-24)29-31-13-11-21(23)12-14-31/h1,4-5,7-10,16-17,21H,2-3,6,11-15H2,(H2,26,27,28,29). The number of anilines is 3. The number of ketones is 1. The van der Waals surface area contributed by atoms with Gasteiger partial charge in [-0.25, -0.2) is 5.01 Å². The first kappa shape index (κ1) is 20.6. The number of aryl methyl sites for hydroxylation is 1. The Morgan fingerprint density at radius 1 is 0.844 bits per heavy atom. The van der Waals surface area contributed by atoms with Crippen LogP contribution in [0.3, 0.4) is 0 Å². The van der Waals surface area contributed by atoms with E-state index in [-0.39, 0.29) is 5.92 Å². The quantitative estimate of drug-likeness (QED) is 0.556. The summed E-state index contributed by atoms with van der Waals surface area (Å²) in [6.45, 7) is 1.62. The molecule has 7 heteroatoms. The first-order valence-corrected chi connectivity index (χ1v) is 11.4. The average molecular weight is 429 g/mol. The van der Waals surface area contributed by atoms with Crippen molar-refractivity contribution in [1.29, 1.82) is 0 Å². The number of carbonyl (C=O) groups excluding carboxylic acids is 1. The number of hydrazine groups is 1. The molecule has 0 radical (unpaired) electrons. The van der Waals surface area contributed by atoms with Gasteiger partial charge in [0.15, 0.2) is 11.6 Å². The first-order chi connectivity index (χ1) is 15.7. The van der Waals surface area contributed by atoms with Gasteiger partial charge in [-0.05, 0) is 66.1 Å². The molecule has 2 N–H and O–H groups in total. The zero-order valence-electron chi connectivity index (χ0n) is 18.1. The number of hydrogen-bond donors (Lipinski definition) is 2. The number of fused-ring (bicyclic) bond motifs is 2. The molecule has 4 aliphatic heterocycles. The lowest BCUT2D eigenvalue weighted by molar-refractivity contribution is -0.124. The molecule has 1 aromatic heterocycles. The number of rotatable bonds is 0. The predicted molar refractivity (Wildman–Crippen MR) is 125 cm³/mol. The Labute approximate surface area is 188 Å². The smallest absolute Gasteiger partial charge is 0.168 e. The van der Waals surface area contributed by atoms with E-state index < -0.39 is 0 Å². The van der Waals surface area contributed by atoms with E-state index in [9.17, 15) is 4.79 Å². The predicted octanol–water partition coefficient (Wildman–Crippen LogP) is 4.15. The zero-order valence-corrected chi connectivity index (χ0v) is 18.1. The fourth-order valence-corrected chi connectivity index (χ4v) is 4.53. The van der Waals surface area contributed by atoms with E-state index in [0.29, 0.717) is 23.8 Å². The Balaban J connectivity index is 1.40. The number of aromatic nitrogens is 3. The van der Waals surface area contributed by atoms with Crippen LogP contribution in [0.2, 0.25) is 0 Å². The largest absolute Gasteiger partial charge is 0.339 e. The Morgan fingerprint density at radius 2 is 1.62 bits per heavy atom. The molecule has 1 fully saturated rings. The van der Waals surface area contributed by atoms with Crippen molar-refractivity contribution in [2.24, 2.45) is 5.92 Å². The van der Waals surface area contributed by atoms with Crippen molar-refractivity contribution < 1.29 is 4.79 Å². The fraction of sp³-hybridized carbons (Fsp3) is 0.360. The van der Waals surface area contributed by atoms with Crippen LogP contribution in [0.5, 0.6) is 0 Å². The third-order valence-electron chi connectivity index (χ3n) is 6.32. The van der Waals surface area contributed by atoms with Gasteiger partial charge in [0.1, 0.15) is 5.78 Å². The van der Waals surface area contributed by atoms with Crippen LogP contribution in [-0.4, -0.2) is 39.3 Å². The molecule has 1 saturated heterocycles. The summed E-state index contributed by atoms with van der Waals surface area (Å²) in [6, 6.07) is 19.0. The summed E-state index contributed by atoms with van der Waals surface area (Å²) in [5.74, 6) is 1.85. The third kappa shape index (κ3) is 5.11. The second kappa shape index (κ2) is 9.44. The van der Waals surface area contributed by atoms with Gasteiger partial charge in [-0.3, -0.25) is 4.79 Å². The molecule has 8 bridgehead atoms. The summed E-state index contributed by atoms with van der Waals surface area (Å²) in [6.07, 6.45) is 5.14. The van der Waals surface area contributed by atoms with E-state index in [2.05, 4.69) is 73.6 Å². The van der Waals surface area contributed by atoms with E-state index >= 15 is 0 Å². The summed E-state index contributed by atoms with van der Waals surface area (Å²) in [7, 11) is 0. The van der Waals surface area contributed by atoms with Gasteiger partial charge in [-0.2, -0.15) is 0 Å². The van der Waals surface area contributed by atoms with Crippen LogP contribution in [0.25, 0.3) is 0 Å². The molecule has 0 amide bonds. The molecule has 32 heavy (non-hydrogen) atoms. The van der Waals surface area contributed by atoms with Gasteiger partial charge >= 0.3 is 0 Å². The molecular formula is C25H28N6O. The van der Waals surface area contributed by atoms with Gasteiger partial charge in [-0.1, -0.05) is 36.4 Å². The molecule has 0 spiro atoms. The molecule has 0 aliphatic carbocycles. The minimum atomic E-state index is 0.164. The minimum Gasteiger partial charge on any atom is -0.339 e. The number of carbonyl (C=O) groups is 1. The Bertz CT molecular complexity index is 1080. The number of hydrogen-bond acceptors (Lipinski definition) is 7. The monoisotopic (exact) mass is 428 g/mol. The van der Waals surface area contributed by atoms with Crippen molar-refractivity contribution in [3.8, 4) is 0 Å². The lowest BCUT2D eigenvalue weighted by Crippen LogP contribution is -2.40. The van der Waals surface area contributed by atoms with Gasteiger partial charge in [0.05, 0.1) is 0 Å². The Hall–Kier alpha value is -3.32. The number of benzene rings is 2. The van der Waals surface area contributed by atoms with Crippen molar-refractivity contribution >= 4 is 23.1 Å². The van der Waals surface area contributed by atoms with Gasteiger partial charge in [0.2, 0.25) is 0 Å². The Morgan fingerprint density at radius 3 is 2.47 bits per heavy atom. The van der Waals surface area contributed by atoms with Crippen LogP contribution in [0.4, 0.5) is 17.3 Å². The second-order valence-corrected chi connectivity index (χ2v) is 8.72. The van der Waals surface area contributed by atoms with Crippen molar-refractivity contribution in [3.05, 3.63) is 71.3 Å². The van der Waals surface area contributed by atoms with Gasteiger partial charge in [0.25, 0.3) is 0 Å².